The van der Waals surface area contributed by atoms with Crippen molar-refractivity contribution in [3.05, 3.63) is 24.0 Å². The van der Waals surface area contributed by atoms with E-state index in [1.165, 1.54) is 20.8 Å². The molecule has 5 nitrogen and oxygen atoms in total. The van der Waals surface area contributed by atoms with Crippen molar-refractivity contribution in [2.45, 2.75) is 37.3 Å². The van der Waals surface area contributed by atoms with Gasteiger partial charge >= 0.3 is 0 Å². The number of rotatable bonds is 4. The average molecular weight is 276 g/mol. The zero-order valence-corrected chi connectivity index (χ0v) is 11.3. The molecule has 0 amide bonds. The lowest BCUT2D eigenvalue weighted by Crippen LogP contribution is -2.50. The van der Waals surface area contributed by atoms with Gasteiger partial charge in [0, 0.05) is 0 Å². The van der Waals surface area contributed by atoms with Gasteiger partial charge in [0.05, 0.1) is 17.3 Å². The summed E-state index contributed by atoms with van der Waals surface area (Å²) < 4.78 is 39.3. The zero-order chi connectivity index (χ0) is 14.1. The Bertz CT molecular complexity index is 541. The maximum absolute atomic E-state index is 12.9. The van der Waals surface area contributed by atoms with E-state index in [1.54, 1.807) is 0 Å². The fraction of sp³-hybridized carbons (Fsp3) is 0.455. The molecule has 0 aromatic heterocycles. The van der Waals surface area contributed by atoms with Crippen molar-refractivity contribution in [1.29, 1.82) is 0 Å². The second-order valence-corrected chi connectivity index (χ2v) is 6.34. The van der Waals surface area contributed by atoms with Crippen LogP contribution >= 0.6 is 0 Å². The molecule has 0 spiro atoms. The number of aliphatic hydroxyl groups is 1. The van der Waals surface area contributed by atoms with Gasteiger partial charge in [-0.2, -0.15) is 0 Å². The molecule has 0 aliphatic carbocycles. The summed E-state index contributed by atoms with van der Waals surface area (Å²) in [5.74, 6) is -0.610. The third-order valence-electron chi connectivity index (χ3n) is 2.70. The van der Waals surface area contributed by atoms with E-state index in [4.69, 9.17) is 5.73 Å². The molecule has 0 saturated carbocycles. The molecule has 1 aromatic carbocycles. The number of benzene rings is 1. The standard InChI is InChI=1S/C11H17FN2O3S/c1-7(15)11(2,3)14-18(16,17)10-5-4-8(12)6-9(10)13/h4-7,14-15H,13H2,1-3H3. The van der Waals surface area contributed by atoms with Crippen LogP contribution in [0.4, 0.5) is 10.1 Å². The van der Waals surface area contributed by atoms with Crippen molar-refractivity contribution in [3.63, 3.8) is 0 Å². The maximum Gasteiger partial charge on any atom is 0.243 e. The van der Waals surface area contributed by atoms with Crippen LogP contribution in [-0.4, -0.2) is 25.2 Å². The number of halogens is 1. The summed E-state index contributed by atoms with van der Waals surface area (Å²) in [6, 6.07) is 3.04. The molecular formula is C11H17FN2O3S. The van der Waals surface area contributed by atoms with Gasteiger partial charge in [0.15, 0.2) is 0 Å². The molecule has 0 aliphatic heterocycles. The van der Waals surface area contributed by atoms with Crippen LogP contribution in [-0.2, 0) is 10.0 Å². The monoisotopic (exact) mass is 276 g/mol. The smallest absolute Gasteiger partial charge is 0.243 e. The van der Waals surface area contributed by atoms with E-state index < -0.39 is 27.5 Å². The largest absolute Gasteiger partial charge is 0.398 e. The number of nitrogen functional groups attached to an aromatic ring is 1. The van der Waals surface area contributed by atoms with Gasteiger partial charge in [0.2, 0.25) is 10.0 Å². The Labute approximate surface area is 106 Å². The summed E-state index contributed by atoms with van der Waals surface area (Å²) in [6.45, 7) is 4.54. The first-order valence-electron chi connectivity index (χ1n) is 5.33. The molecular weight excluding hydrogens is 259 g/mol. The van der Waals surface area contributed by atoms with Crippen LogP contribution in [0.15, 0.2) is 23.1 Å². The van der Waals surface area contributed by atoms with E-state index in [-0.39, 0.29) is 10.6 Å². The van der Waals surface area contributed by atoms with Crippen molar-refractivity contribution in [1.82, 2.24) is 4.72 Å². The predicted octanol–water partition coefficient (Wildman–Crippen LogP) is 0.846. The third-order valence-corrected chi connectivity index (χ3v) is 4.45. The van der Waals surface area contributed by atoms with E-state index in [2.05, 4.69) is 4.72 Å². The van der Waals surface area contributed by atoms with Crippen LogP contribution in [0.3, 0.4) is 0 Å². The molecule has 0 saturated heterocycles. The molecule has 0 fully saturated rings. The van der Waals surface area contributed by atoms with Crippen LogP contribution in [0.1, 0.15) is 20.8 Å². The van der Waals surface area contributed by atoms with Crippen LogP contribution in [0, 0.1) is 5.82 Å². The van der Waals surface area contributed by atoms with E-state index in [0.717, 1.165) is 18.2 Å². The minimum Gasteiger partial charge on any atom is -0.398 e. The zero-order valence-electron chi connectivity index (χ0n) is 10.4. The van der Waals surface area contributed by atoms with Crippen molar-refractivity contribution in [3.8, 4) is 0 Å². The number of hydrogen-bond donors (Lipinski definition) is 3. The molecule has 1 rings (SSSR count). The van der Waals surface area contributed by atoms with Crippen molar-refractivity contribution < 1.29 is 17.9 Å². The fourth-order valence-electron chi connectivity index (χ4n) is 1.25. The molecule has 0 aliphatic rings. The number of nitrogens with two attached hydrogens (primary N) is 1. The van der Waals surface area contributed by atoms with E-state index in [9.17, 15) is 17.9 Å². The summed E-state index contributed by atoms with van der Waals surface area (Å²) in [7, 11) is -3.91. The average Bonchev–Trinajstić information content (AvgIpc) is 2.14. The number of aliphatic hydroxyl groups excluding tert-OH is 1. The van der Waals surface area contributed by atoms with Gasteiger partial charge in [-0.3, -0.25) is 0 Å². The second kappa shape index (κ2) is 4.83. The van der Waals surface area contributed by atoms with Crippen LogP contribution in [0.5, 0.6) is 0 Å². The summed E-state index contributed by atoms with van der Waals surface area (Å²) in [6.07, 6.45) is -0.894. The predicted molar refractivity (Wildman–Crippen MR) is 66.9 cm³/mol. The highest BCUT2D eigenvalue weighted by Gasteiger charge is 2.31. The van der Waals surface area contributed by atoms with E-state index in [0.29, 0.717) is 0 Å². The first-order valence-corrected chi connectivity index (χ1v) is 6.81. The molecule has 4 N–H and O–H groups in total. The van der Waals surface area contributed by atoms with Crippen molar-refractivity contribution in [2.75, 3.05) is 5.73 Å². The summed E-state index contributed by atoms with van der Waals surface area (Å²) >= 11 is 0. The Hall–Kier alpha value is -1.18. The molecule has 0 heterocycles. The van der Waals surface area contributed by atoms with Crippen molar-refractivity contribution >= 4 is 15.7 Å². The summed E-state index contributed by atoms with van der Waals surface area (Å²) in [5.41, 5.74) is 4.25. The third kappa shape index (κ3) is 3.18. The van der Waals surface area contributed by atoms with Gasteiger partial charge in [-0.1, -0.05) is 0 Å². The molecule has 102 valence electrons. The molecule has 18 heavy (non-hydrogen) atoms. The lowest BCUT2D eigenvalue weighted by atomic mass is 10.0. The van der Waals surface area contributed by atoms with Gasteiger partial charge in [0.25, 0.3) is 0 Å². The number of anilines is 1. The fourth-order valence-corrected chi connectivity index (χ4v) is 2.84. The quantitative estimate of drug-likeness (QED) is 0.711. The SMILES string of the molecule is CC(O)C(C)(C)NS(=O)(=O)c1ccc(F)cc1N. The minimum absolute atomic E-state index is 0.177. The number of nitrogens with one attached hydrogen (secondary N) is 1. The van der Waals surface area contributed by atoms with Crippen LogP contribution < -0.4 is 10.5 Å². The molecule has 7 heteroatoms. The van der Waals surface area contributed by atoms with Crippen LogP contribution in [0.2, 0.25) is 0 Å². The number of sulfonamides is 1. The second-order valence-electron chi connectivity index (χ2n) is 4.69. The lowest BCUT2D eigenvalue weighted by molar-refractivity contribution is 0.111. The van der Waals surface area contributed by atoms with Gasteiger partial charge < -0.3 is 10.8 Å². The van der Waals surface area contributed by atoms with Gasteiger partial charge in [-0.25, -0.2) is 17.5 Å². The molecule has 1 unspecified atom stereocenters. The number of hydrogen-bond acceptors (Lipinski definition) is 4. The van der Waals surface area contributed by atoms with E-state index in [1.807, 2.05) is 0 Å². The van der Waals surface area contributed by atoms with Crippen molar-refractivity contribution in [2.24, 2.45) is 0 Å². The molecule has 1 aromatic rings. The van der Waals surface area contributed by atoms with Gasteiger partial charge in [-0.15, -0.1) is 0 Å². The van der Waals surface area contributed by atoms with Crippen LogP contribution in [0.25, 0.3) is 0 Å². The Morgan fingerprint density at radius 3 is 2.44 bits per heavy atom. The first kappa shape index (κ1) is 14.9. The summed E-state index contributed by atoms with van der Waals surface area (Å²) in [5, 5.41) is 9.49. The first-order chi connectivity index (χ1) is 8.06. The van der Waals surface area contributed by atoms with E-state index >= 15 is 0 Å². The minimum atomic E-state index is -3.91. The summed E-state index contributed by atoms with van der Waals surface area (Å²) in [4.78, 5) is -0.211. The normalized spacial score (nSPS) is 14.5. The Morgan fingerprint density at radius 2 is 2.00 bits per heavy atom. The topological polar surface area (TPSA) is 92.4 Å². The Morgan fingerprint density at radius 1 is 1.44 bits per heavy atom. The van der Waals surface area contributed by atoms with Gasteiger partial charge in [-0.05, 0) is 39.0 Å². The molecule has 0 radical (unpaired) electrons. The molecule has 0 bridgehead atoms. The highest BCUT2D eigenvalue weighted by atomic mass is 32.2. The molecule has 1 atom stereocenters. The lowest BCUT2D eigenvalue weighted by Gasteiger charge is -2.29. The Balaban J connectivity index is 3.15. The Kier molecular flexibility index (Phi) is 3.99. The highest BCUT2D eigenvalue weighted by Crippen LogP contribution is 2.21. The maximum atomic E-state index is 12.9. The van der Waals surface area contributed by atoms with Gasteiger partial charge in [0.1, 0.15) is 10.7 Å². The highest BCUT2D eigenvalue weighted by molar-refractivity contribution is 7.89.